The predicted molar refractivity (Wildman–Crippen MR) is 128 cm³/mol. The quantitative estimate of drug-likeness (QED) is 0.446. The molecule has 4 rings (SSSR count). The lowest BCUT2D eigenvalue weighted by atomic mass is 10.1. The number of benzene rings is 1. The van der Waals surface area contributed by atoms with Crippen LogP contribution in [-0.2, 0) is 20.1 Å². The van der Waals surface area contributed by atoms with Crippen molar-refractivity contribution in [2.24, 2.45) is 7.05 Å². The Labute approximate surface area is 187 Å². The van der Waals surface area contributed by atoms with Crippen LogP contribution in [0.1, 0.15) is 36.4 Å². The van der Waals surface area contributed by atoms with Gasteiger partial charge in [-0.1, -0.05) is 38.1 Å². The van der Waals surface area contributed by atoms with Crippen LogP contribution < -0.4 is 11.2 Å². The molecule has 32 heavy (non-hydrogen) atoms. The van der Waals surface area contributed by atoms with Gasteiger partial charge in [-0.15, -0.1) is 0 Å². The molecule has 0 amide bonds. The van der Waals surface area contributed by atoms with Crippen LogP contribution in [0.2, 0.25) is 0 Å². The predicted octanol–water partition coefficient (Wildman–Crippen LogP) is 2.46. The van der Waals surface area contributed by atoms with Gasteiger partial charge in [-0.3, -0.25) is 18.3 Å². The Balaban J connectivity index is 1.93. The van der Waals surface area contributed by atoms with Crippen molar-refractivity contribution < 1.29 is 0 Å². The molecule has 0 spiro atoms. The smallest absolute Gasteiger partial charge is 0.313 e. The van der Waals surface area contributed by atoms with Gasteiger partial charge >= 0.3 is 5.69 Å². The third kappa shape index (κ3) is 3.39. The van der Waals surface area contributed by atoms with Crippen molar-refractivity contribution in [1.29, 1.82) is 0 Å². The van der Waals surface area contributed by atoms with E-state index in [1.165, 1.54) is 9.13 Å². The molecule has 0 unspecified atom stereocenters. The largest absolute Gasteiger partial charge is 0.332 e. The average molecular weight is 437 g/mol. The van der Waals surface area contributed by atoms with E-state index >= 15 is 0 Å². The van der Waals surface area contributed by atoms with Crippen LogP contribution >= 0.6 is 0 Å². The highest BCUT2D eigenvalue weighted by Crippen LogP contribution is 2.21. The highest BCUT2D eigenvalue weighted by atomic mass is 16.2. The summed E-state index contributed by atoms with van der Waals surface area (Å²) < 4.78 is 6.89. The monoisotopic (exact) mass is 436 g/mol. The van der Waals surface area contributed by atoms with Gasteiger partial charge in [0, 0.05) is 31.5 Å². The van der Waals surface area contributed by atoms with E-state index in [2.05, 4.69) is 30.2 Å². The lowest BCUT2D eigenvalue weighted by Crippen LogP contribution is -2.39. The zero-order chi connectivity index (χ0) is 23.2. The molecule has 0 radical (unpaired) electrons. The van der Waals surface area contributed by atoms with Crippen molar-refractivity contribution in [2.45, 2.75) is 47.7 Å². The number of hydrogen-bond donors (Lipinski definition) is 0. The van der Waals surface area contributed by atoms with E-state index in [1.807, 2.05) is 42.5 Å². The minimum Gasteiger partial charge on any atom is -0.313 e. The van der Waals surface area contributed by atoms with E-state index in [9.17, 15) is 9.59 Å². The van der Waals surface area contributed by atoms with E-state index < -0.39 is 0 Å². The molecule has 0 aliphatic heterocycles. The fraction of sp³-hybridized carbons (Fsp3) is 0.458. The Bertz CT molecular complexity index is 1410. The Morgan fingerprint density at radius 3 is 2.31 bits per heavy atom. The number of likely N-dealkylation sites (N-methyl/N-ethyl adjacent to an activating group) is 1. The summed E-state index contributed by atoms with van der Waals surface area (Å²) in [5.41, 5.74) is 4.29. The third-order valence-corrected chi connectivity index (χ3v) is 6.75. The lowest BCUT2D eigenvalue weighted by molar-refractivity contribution is 0.291. The summed E-state index contributed by atoms with van der Waals surface area (Å²) in [5.74, 6) is 0.711. The molecule has 4 aromatic rings. The maximum absolute atomic E-state index is 13.6. The van der Waals surface area contributed by atoms with Gasteiger partial charge < -0.3 is 9.47 Å². The molecule has 8 nitrogen and oxygen atoms in total. The average Bonchev–Trinajstić information content (AvgIpc) is 3.28. The van der Waals surface area contributed by atoms with E-state index in [1.54, 1.807) is 7.05 Å². The molecule has 0 aliphatic carbocycles. The Kier molecular flexibility index (Phi) is 5.81. The van der Waals surface area contributed by atoms with Crippen molar-refractivity contribution in [3.63, 3.8) is 0 Å². The summed E-state index contributed by atoms with van der Waals surface area (Å²) in [4.78, 5) is 33.8. The molecular weight excluding hydrogens is 404 g/mol. The maximum Gasteiger partial charge on any atom is 0.332 e. The molecule has 0 atom stereocenters. The Morgan fingerprint density at radius 2 is 1.66 bits per heavy atom. The van der Waals surface area contributed by atoms with Gasteiger partial charge in [-0.2, -0.15) is 4.98 Å². The summed E-state index contributed by atoms with van der Waals surface area (Å²) in [6, 6.07) is 7.83. The van der Waals surface area contributed by atoms with Gasteiger partial charge in [-0.25, -0.2) is 4.79 Å². The highest BCUT2D eigenvalue weighted by Gasteiger charge is 2.23. The molecule has 8 heteroatoms. The molecule has 170 valence electrons. The SMILES string of the molecule is CCN(CC)CCn1c(C)c(C)n2c3c(=O)n(Cc4ccccc4C)c(=O)n(C)c3nc12. The summed E-state index contributed by atoms with van der Waals surface area (Å²) in [5, 5.41) is 0. The minimum absolute atomic E-state index is 0.238. The van der Waals surface area contributed by atoms with Crippen LogP contribution in [0.4, 0.5) is 0 Å². The van der Waals surface area contributed by atoms with E-state index in [0.717, 1.165) is 48.7 Å². The second-order valence-corrected chi connectivity index (χ2v) is 8.43. The molecule has 1 aromatic carbocycles. The number of imidazole rings is 2. The van der Waals surface area contributed by atoms with Crippen molar-refractivity contribution >= 4 is 16.9 Å². The van der Waals surface area contributed by atoms with Crippen molar-refractivity contribution in [1.82, 2.24) is 28.0 Å². The molecule has 0 N–H and O–H groups in total. The first-order chi connectivity index (χ1) is 15.3. The number of aromatic nitrogens is 5. The molecular formula is C24H32N6O2. The van der Waals surface area contributed by atoms with Crippen LogP contribution in [0.25, 0.3) is 16.9 Å². The standard InChI is InChI=1S/C24H32N6O2/c1-7-27(8-2)13-14-28-17(4)18(5)30-20-21(25-23(28)30)26(6)24(32)29(22(20)31)15-19-12-10-9-11-16(19)3/h9-12H,7-8,13-15H2,1-6H3. The van der Waals surface area contributed by atoms with Gasteiger partial charge in [-0.05, 0) is 45.0 Å². The van der Waals surface area contributed by atoms with Crippen molar-refractivity contribution in [3.8, 4) is 0 Å². The van der Waals surface area contributed by atoms with Crippen molar-refractivity contribution in [3.05, 3.63) is 67.6 Å². The van der Waals surface area contributed by atoms with E-state index in [0.29, 0.717) is 16.9 Å². The van der Waals surface area contributed by atoms with E-state index in [4.69, 9.17) is 4.98 Å². The molecule has 0 saturated heterocycles. The lowest BCUT2D eigenvalue weighted by Gasteiger charge is -2.18. The Hall–Kier alpha value is -3.13. The van der Waals surface area contributed by atoms with Crippen LogP contribution in [0.5, 0.6) is 0 Å². The number of rotatable bonds is 7. The zero-order valence-corrected chi connectivity index (χ0v) is 19.8. The highest BCUT2D eigenvalue weighted by molar-refractivity contribution is 5.76. The number of aryl methyl sites for hydroxylation is 3. The fourth-order valence-corrected chi connectivity index (χ4v) is 4.46. The number of nitrogens with zero attached hydrogens (tertiary/aromatic N) is 6. The first kappa shape index (κ1) is 22.1. The van der Waals surface area contributed by atoms with Gasteiger partial charge in [0.15, 0.2) is 11.2 Å². The second kappa shape index (κ2) is 8.43. The van der Waals surface area contributed by atoms with Crippen LogP contribution in [0.15, 0.2) is 33.9 Å². The molecule has 0 bridgehead atoms. The topological polar surface area (TPSA) is 69.5 Å². The first-order valence-electron chi connectivity index (χ1n) is 11.2. The van der Waals surface area contributed by atoms with Gasteiger partial charge in [0.1, 0.15) is 0 Å². The molecule has 0 fully saturated rings. The number of hydrogen-bond acceptors (Lipinski definition) is 4. The van der Waals surface area contributed by atoms with Crippen LogP contribution in [-0.4, -0.2) is 47.6 Å². The minimum atomic E-state index is -0.351. The van der Waals surface area contributed by atoms with Crippen LogP contribution in [0.3, 0.4) is 0 Å². The Morgan fingerprint density at radius 1 is 0.969 bits per heavy atom. The van der Waals surface area contributed by atoms with E-state index in [-0.39, 0.29) is 17.8 Å². The zero-order valence-electron chi connectivity index (χ0n) is 19.8. The summed E-state index contributed by atoms with van der Waals surface area (Å²) >= 11 is 0. The summed E-state index contributed by atoms with van der Waals surface area (Å²) in [7, 11) is 1.69. The first-order valence-corrected chi connectivity index (χ1v) is 11.2. The van der Waals surface area contributed by atoms with Crippen molar-refractivity contribution in [2.75, 3.05) is 19.6 Å². The molecule has 0 saturated carbocycles. The molecule has 3 heterocycles. The van der Waals surface area contributed by atoms with Gasteiger partial charge in [0.25, 0.3) is 5.56 Å². The molecule has 0 aliphatic rings. The second-order valence-electron chi connectivity index (χ2n) is 8.43. The maximum atomic E-state index is 13.6. The number of fused-ring (bicyclic) bond motifs is 3. The van der Waals surface area contributed by atoms with Crippen LogP contribution in [0, 0.1) is 20.8 Å². The van der Waals surface area contributed by atoms with Gasteiger partial charge in [0.2, 0.25) is 5.78 Å². The third-order valence-electron chi connectivity index (χ3n) is 6.75. The molecule has 3 aromatic heterocycles. The summed E-state index contributed by atoms with van der Waals surface area (Å²) in [6.07, 6.45) is 0. The fourth-order valence-electron chi connectivity index (χ4n) is 4.46. The summed E-state index contributed by atoms with van der Waals surface area (Å²) in [6.45, 7) is 14.3. The normalized spacial score (nSPS) is 12.0. The van der Waals surface area contributed by atoms with Gasteiger partial charge in [0.05, 0.1) is 6.54 Å².